The highest BCUT2D eigenvalue weighted by atomic mass is 35.5. The predicted octanol–water partition coefficient (Wildman–Crippen LogP) is 5.31. The maximum Gasteiger partial charge on any atom is 0.296 e. The van der Waals surface area contributed by atoms with Gasteiger partial charge in [-0.1, -0.05) is 41.0 Å². The molecule has 0 heterocycles. The molecule has 0 amide bonds. The first-order valence-electron chi connectivity index (χ1n) is 9.96. The van der Waals surface area contributed by atoms with Crippen molar-refractivity contribution in [1.82, 2.24) is 0 Å². The Labute approximate surface area is 192 Å². The summed E-state index contributed by atoms with van der Waals surface area (Å²) in [6.45, 7) is 2.85. The van der Waals surface area contributed by atoms with E-state index in [1.807, 2.05) is 19.1 Å². The Morgan fingerprint density at radius 2 is 1.94 bits per heavy atom. The van der Waals surface area contributed by atoms with Gasteiger partial charge in [-0.15, -0.1) is 0 Å². The fourth-order valence-corrected chi connectivity index (χ4v) is 4.24. The minimum Gasteiger partial charge on any atom is -0.497 e. The summed E-state index contributed by atoms with van der Waals surface area (Å²) in [5.41, 5.74) is 3.04. The quantitative estimate of drug-likeness (QED) is 0.388. The van der Waals surface area contributed by atoms with Crippen molar-refractivity contribution in [2.24, 2.45) is 5.16 Å². The molecule has 0 unspecified atom stereocenters. The fourth-order valence-electron chi connectivity index (χ4n) is 3.12. The first kappa shape index (κ1) is 23.8. The van der Waals surface area contributed by atoms with Crippen molar-refractivity contribution in [3.05, 3.63) is 65.2 Å². The van der Waals surface area contributed by atoms with Crippen LogP contribution in [0, 0.1) is 0 Å². The van der Waals surface area contributed by atoms with Crippen molar-refractivity contribution in [1.29, 1.82) is 0 Å². The second-order valence-corrected chi connectivity index (χ2v) is 8.67. The molecule has 2 aromatic carbocycles. The summed E-state index contributed by atoms with van der Waals surface area (Å²) in [6.07, 6.45) is 7.40. The topological polar surface area (TPSA) is 94.4 Å². The molecule has 9 heteroatoms. The lowest BCUT2D eigenvalue weighted by Gasteiger charge is -2.14. The monoisotopic (exact) mass is 477 g/mol. The van der Waals surface area contributed by atoms with Crippen molar-refractivity contribution in [2.75, 3.05) is 20.3 Å². The van der Waals surface area contributed by atoms with E-state index in [0.29, 0.717) is 48.7 Å². The summed E-state index contributed by atoms with van der Waals surface area (Å²) in [6, 6.07) is 9.61. The molecule has 0 aromatic heterocycles. The average molecular weight is 478 g/mol. The van der Waals surface area contributed by atoms with E-state index < -0.39 is 10.1 Å². The Hall–Kier alpha value is -2.81. The van der Waals surface area contributed by atoms with Crippen LogP contribution in [-0.2, 0) is 15.0 Å². The first-order valence-corrected chi connectivity index (χ1v) is 11.8. The van der Waals surface area contributed by atoms with E-state index in [4.69, 9.17) is 25.9 Å². The Bertz CT molecular complexity index is 1170. The molecule has 0 fully saturated rings. The second kappa shape index (κ2) is 10.7. The molecule has 0 atom stereocenters. The molecule has 7 nitrogen and oxygen atoms in total. The SMILES string of the molecule is CCON=C1C=CC(CCOc2cc(OC)cc(-c3cccc(S(=O)(=O)O)c3Cl)c2)=CC1. The summed E-state index contributed by atoms with van der Waals surface area (Å²) in [7, 11) is -2.92. The zero-order valence-electron chi connectivity index (χ0n) is 17.7. The summed E-state index contributed by atoms with van der Waals surface area (Å²) < 4.78 is 43.9. The van der Waals surface area contributed by atoms with Gasteiger partial charge >= 0.3 is 0 Å². The van der Waals surface area contributed by atoms with Crippen molar-refractivity contribution < 1.29 is 27.3 Å². The lowest BCUT2D eigenvalue weighted by molar-refractivity contribution is 0.158. The highest BCUT2D eigenvalue weighted by Gasteiger charge is 2.18. The van der Waals surface area contributed by atoms with Crippen LogP contribution >= 0.6 is 11.6 Å². The Morgan fingerprint density at radius 3 is 2.59 bits per heavy atom. The first-order chi connectivity index (χ1) is 15.3. The van der Waals surface area contributed by atoms with E-state index in [0.717, 1.165) is 11.3 Å². The predicted molar refractivity (Wildman–Crippen MR) is 124 cm³/mol. The average Bonchev–Trinajstić information content (AvgIpc) is 2.77. The van der Waals surface area contributed by atoms with E-state index in [1.165, 1.54) is 19.2 Å². The minimum atomic E-state index is -4.45. The smallest absolute Gasteiger partial charge is 0.296 e. The molecule has 170 valence electrons. The van der Waals surface area contributed by atoms with Gasteiger partial charge in [-0.3, -0.25) is 4.55 Å². The van der Waals surface area contributed by atoms with Crippen LogP contribution in [0.25, 0.3) is 11.1 Å². The lowest BCUT2D eigenvalue weighted by Crippen LogP contribution is -2.03. The van der Waals surface area contributed by atoms with Crippen molar-refractivity contribution in [3.63, 3.8) is 0 Å². The van der Waals surface area contributed by atoms with Gasteiger partial charge in [0, 0.05) is 24.5 Å². The van der Waals surface area contributed by atoms with E-state index in [2.05, 4.69) is 11.2 Å². The van der Waals surface area contributed by atoms with E-state index >= 15 is 0 Å². The van der Waals surface area contributed by atoms with Crippen LogP contribution in [0.4, 0.5) is 0 Å². The maximum absolute atomic E-state index is 11.6. The molecule has 0 bridgehead atoms. The molecule has 0 saturated heterocycles. The van der Waals surface area contributed by atoms with Crippen LogP contribution in [0.1, 0.15) is 19.8 Å². The largest absolute Gasteiger partial charge is 0.497 e. The third-order valence-electron chi connectivity index (χ3n) is 4.70. The molecule has 32 heavy (non-hydrogen) atoms. The lowest BCUT2D eigenvalue weighted by atomic mass is 10.0. The van der Waals surface area contributed by atoms with Crippen LogP contribution < -0.4 is 9.47 Å². The molecule has 2 aromatic rings. The number of nitrogens with zero attached hydrogens (tertiary/aromatic N) is 1. The Kier molecular flexibility index (Phi) is 7.95. The van der Waals surface area contributed by atoms with Gasteiger partial charge in [0.15, 0.2) is 0 Å². The third-order valence-corrected chi connectivity index (χ3v) is 6.12. The highest BCUT2D eigenvalue weighted by molar-refractivity contribution is 7.86. The maximum atomic E-state index is 11.6. The molecule has 0 spiro atoms. The molecular weight excluding hydrogens is 454 g/mol. The number of benzene rings is 2. The molecule has 1 N–H and O–H groups in total. The van der Waals surface area contributed by atoms with Crippen LogP contribution in [0.15, 0.2) is 70.3 Å². The minimum absolute atomic E-state index is 0.0729. The number of hydrogen-bond donors (Lipinski definition) is 1. The number of oxime groups is 1. The number of allylic oxidation sites excluding steroid dienone is 3. The summed E-state index contributed by atoms with van der Waals surface area (Å²) >= 11 is 6.27. The van der Waals surface area contributed by atoms with Gasteiger partial charge in [0.05, 0.1) is 24.5 Å². The van der Waals surface area contributed by atoms with Crippen molar-refractivity contribution >= 4 is 27.4 Å². The second-order valence-electron chi connectivity index (χ2n) is 6.91. The Morgan fingerprint density at radius 1 is 1.16 bits per heavy atom. The van der Waals surface area contributed by atoms with Gasteiger partial charge in [-0.25, -0.2) is 0 Å². The molecule has 3 rings (SSSR count). The van der Waals surface area contributed by atoms with Crippen molar-refractivity contribution in [2.45, 2.75) is 24.7 Å². The molecule has 0 aliphatic heterocycles. The number of methoxy groups -OCH3 is 1. The van der Waals surface area contributed by atoms with Crippen LogP contribution in [-0.4, -0.2) is 39.0 Å². The van der Waals surface area contributed by atoms with Gasteiger partial charge in [0.25, 0.3) is 10.1 Å². The van der Waals surface area contributed by atoms with Gasteiger partial charge in [0.2, 0.25) is 0 Å². The zero-order valence-corrected chi connectivity index (χ0v) is 19.3. The van der Waals surface area contributed by atoms with Gasteiger partial charge in [-0.05, 0) is 42.3 Å². The normalized spacial score (nSPS) is 14.9. The van der Waals surface area contributed by atoms with Crippen LogP contribution in [0.5, 0.6) is 11.5 Å². The number of rotatable bonds is 9. The molecule has 1 aliphatic rings. The number of hydrogen-bond acceptors (Lipinski definition) is 6. The van der Waals surface area contributed by atoms with Crippen LogP contribution in [0.2, 0.25) is 5.02 Å². The summed E-state index contributed by atoms with van der Waals surface area (Å²) in [4.78, 5) is 4.71. The van der Waals surface area contributed by atoms with Crippen molar-refractivity contribution in [3.8, 4) is 22.6 Å². The highest BCUT2D eigenvalue weighted by Crippen LogP contribution is 2.37. The molecule has 1 aliphatic carbocycles. The Balaban J connectivity index is 1.75. The standard InChI is InChI=1S/C23H24ClNO6S/c1-3-31-25-18-9-7-16(8-10-18)11-12-30-20-14-17(13-19(15-20)29-2)21-5-4-6-22(23(21)24)32(26,27)28/h4-9,13-15H,3,10-12H2,1-2H3,(H,26,27,28). The zero-order chi connectivity index (χ0) is 23.1. The third kappa shape index (κ3) is 6.12. The number of ether oxygens (including phenoxy) is 2. The molecular formula is C23H24ClNO6S. The van der Waals surface area contributed by atoms with E-state index in [1.54, 1.807) is 24.3 Å². The van der Waals surface area contributed by atoms with E-state index in [9.17, 15) is 13.0 Å². The summed E-state index contributed by atoms with van der Waals surface area (Å²) in [5.74, 6) is 1.08. The van der Waals surface area contributed by atoms with Gasteiger partial charge in [0.1, 0.15) is 23.0 Å². The van der Waals surface area contributed by atoms with Gasteiger partial charge < -0.3 is 14.3 Å². The van der Waals surface area contributed by atoms with Crippen LogP contribution in [0.3, 0.4) is 0 Å². The number of halogens is 1. The van der Waals surface area contributed by atoms with Gasteiger partial charge in [-0.2, -0.15) is 8.42 Å². The molecule has 0 saturated carbocycles. The molecule has 0 radical (unpaired) electrons. The van der Waals surface area contributed by atoms with E-state index in [-0.39, 0.29) is 9.92 Å². The summed E-state index contributed by atoms with van der Waals surface area (Å²) in [5, 5.41) is 3.95. The fraction of sp³-hybridized carbons (Fsp3) is 0.261.